The number of hydrogen-bond donors (Lipinski definition) is 0. The van der Waals surface area contributed by atoms with E-state index in [2.05, 4.69) is 0 Å². The second kappa shape index (κ2) is 7.46. The Morgan fingerprint density at radius 3 is 2.29 bits per heavy atom. The van der Waals surface area contributed by atoms with E-state index >= 15 is 0 Å². The number of ketones is 1. The first-order valence-corrected chi connectivity index (χ1v) is 6.85. The molecular formula is C18H15ClO2. The van der Waals surface area contributed by atoms with Crippen molar-refractivity contribution in [1.82, 2.24) is 0 Å². The predicted octanol–water partition coefficient (Wildman–Crippen LogP) is 4.80. The molecule has 21 heavy (non-hydrogen) atoms. The lowest BCUT2D eigenvalue weighted by atomic mass is 10.1. The predicted molar refractivity (Wildman–Crippen MR) is 87.0 cm³/mol. The maximum Gasteiger partial charge on any atom is 0.185 e. The third kappa shape index (κ3) is 4.62. The first kappa shape index (κ1) is 15.1. The summed E-state index contributed by atoms with van der Waals surface area (Å²) < 4.78 is 5.09. The van der Waals surface area contributed by atoms with Crippen LogP contribution in [0.1, 0.15) is 15.9 Å². The fourth-order valence-corrected chi connectivity index (χ4v) is 1.86. The molecule has 0 aromatic heterocycles. The summed E-state index contributed by atoms with van der Waals surface area (Å²) in [6, 6.07) is 14.5. The molecule has 106 valence electrons. The highest BCUT2D eigenvalue weighted by Crippen LogP contribution is 2.13. The van der Waals surface area contributed by atoms with Crippen LogP contribution >= 0.6 is 11.6 Å². The standard InChI is InChI=1S/C18H15ClO2/c1-21-17-12-6-14(7-13-17)4-2-3-5-18(20)15-8-10-16(19)11-9-15/h2-13H,1H3/b4-2+,5-3+. The van der Waals surface area contributed by atoms with Gasteiger partial charge in [-0.3, -0.25) is 4.79 Å². The molecule has 0 atom stereocenters. The number of carbonyl (C=O) groups excluding carboxylic acids is 1. The summed E-state index contributed by atoms with van der Waals surface area (Å²) in [7, 11) is 1.63. The molecule has 2 nitrogen and oxygen atoms in total. The molecule has 0 saturated carbocycles. The van der Waals surface area contributed by atoms with Gasteiger partial charge < -0.3 is 4.74 Å². The minimum Gasteiger partial charge on any atom is -0.497 e. The molecule has 0 radical (unpaired) electrons. The zero-order chi connectivity index (χ0) is 15.1. The van der Waals surface area contributed by atoms with Gasteiger partial charge in [0.1, 0.15) is 5.75 Å². The van der Waals surface area contributed by atoms with Crippen molar-refractivity contribution in [2.24, 2.45) is 0 Å². The zero-order valence-electron chi connectivity index (χ0n) is 11.6. The van der Waals surface area contributed by atoms with Crippen LogP contribution in [0.5, 0.6) is 5.75 Å². The smallest absolute Gasteiger partial charge is 0.185 e. The summed E-state index contributed by atoms with van der Waals surface area (Å²) in [5, 5.41) is 0.620. The van der Waals surface area contributed by atoms with E-state index in [0.29, 0.717) is 10.6 Å². The average molecular weight is 299 g/mol. The summed E-state index contributed by atoms with van der Waals surface area (Å²) >= 11 is 5.78. The van der Waals surface area contributed by atoms with Crippen LogP contribution in [0.25, 0.3) is 6.08 Å². The van der Waals surface area contributed by atoms with E-state index in [1.54, 1.807) is 37.5 Å². The number of allylic oxidation sites excluding steroid dienone is 3. The molecule has 0 saturated heterocycles. The molecule has 3 heteroatoms. The Hall–Kier alpha value is -2.32. The van der Waals surface area contributed by atoms with Gasteiger partial charge in [-0.1, -0.05) is 42.0 Å². The van der Waals surface area contributed by atoms with Gasteiger partial charge in [0.25, 0.3) is 0 Å². The number of methoxy groups -OCH3 is 1. The lowest BCUT2D eigenvalue weighted by Gasteiger charge is -1.98. The fraction of sp³-hybridized carbons (Fsp3) is 0.0556. The number of halogens is 1. The minimum atomic E-state index is -0.0500. The Morgan fingerprint density at radius 1 is 1.00 bits per heavy atom. The van der Waals surface area contributed by atoms with E-state index in [1.165, 1.54) is 6.08 Å². The minimum absolute atomic E-state index is 0.0500. The van der Waals surface area contributed by atoms with Crippen LogP contribution in [0, 0.1) is 0 Å². The molecule has 0 N–H and O–H groups in total. The molecule has 0 unspecified atom stereocenters. The SMILES string of the molecule is COc1ccc(/C=C/C=C/C(=O)c2ccc(Cl)cc2)cc1. The maximum atomic E-state index is 11.9. The van der Waals surface area contributed by atoms with Crippen molar-refractivity contribution < 1.29 is 9.53 Å². The lowest BCUT2D eigenvalue weighted by Crippen LogP contribution is -1.92. The number of benzene rings is 2. The first-order valence-electron chi connectivity index (χ1n) is 6.48. The molecule has 2 aromatic rings. The maximum absolute atomic E-state index is 11.9. The molecule has 2 rings (SSSR count). The Balaban J connectivity index is 1.96. The van der Waals surface area contributed by atoms with Crippen molar-refractivity contribution >= 4 is 23.5 Å². The second-order valence-electron chi connectivity index (χ2n) is 4.36. The molecule has 0 aliphatic heterocycles. The van der Waals surface area contributed by atoms with E-state index in [4.69, 9.17) is 16.3 Å². The van der Waals surface area contributed by atoms with E-state index in [1.807, 2.05) is 36.4 Å². The average Bonchev–Trinajstić information content (AvgIpc) is 2.52. The third-order valence-electron chi connectivity index (χ3n) is 2.89. The highest BCUT2D eigenvalue weighted by atomic mass is 35.5. The van der Waals surface area contributed by atoms with Crippen molar-refractivity contribution in [3.8, 4) is 5.75 Å². The molecule has 0 amide bonds. The monoisotopic (exact) mass is 298 g/mol. The number of ether oxygens (including phenoxy) is 1. The largest absolute Gasteiger partial charge is 0.497 e. The first-order chi connectivity index (χ1) is 10.2. The summed E-state index contributed by atoms with van der Waals surface area (Å²) in [4.78, 5) is 11.9. The normalized spacial score (nSPS) is 11.1. The van der Waals surface area contributed by atoms with Gasteiger partial charge in [0.2, 0.25) is 0 Å². The number of rotatable bonds is 5. The quantitative estimate of drug-likeness (QED) is 0.450. The molecular weight excluding hydrogens is 284 g/mol. The van der Waals surface area contributed by atoms with E-state index < -0.39 is 0 Å². The molecule has 0 spiro atoms. The van der Waals surface area contributed by atoms with E-state index in [0.717, 1.165) is 11.3 Å². The van der Waals surface area contributed by atoms with Crippen molar-refractivity contribution in [1.29, 1.82) is 0 Å². The van der Waals surface area contributed by atoms with Crippen LogP contribution in [0.15, 0.2) is 66.8 Å². The molecule has 0 bridgehead atoms. The number of carbonyl (C=O) groups is 1. The van der Waals surface area contributed by atoms with Crippen LogP contribution in [-0.4, -0.2) is 12.9 Å². The molecule has 2 aromatic carbocycles. The van der Waals surface area contributed by atoms with Gasteiger partial charge in [0.05, 0.1) is 7.11 Å². The molecule has 0 aliphatic rings. The third-order valence-corrected chi connectivity index (χ3v) is 3.14. The van der Waals surface area contributed by atoms with Crippen LogP contribution in [-0.2, 0) is 0 Å². The van der Waals surface area contributed by atoms with Crippen LogP contribution < -0.4 is 4.74 Å². The topological polar surface area (TPSA) is 26.3 Å². The van der Waals surface area contributed by atoms with Crippen LogP contribution in [0.2, 0.25) is 5.02 Å². The lowest BCUT2D eigenvalue weighted by molar-refractivity contribution is 0.104. The van der Waals surface area contributed by atoms with E-state index in [-0.39, 0.29) is 5.78 Å². The Labute approximate surface area is 129 Å². The van der Waals surface area contributed by atoms with Gasteiger partial charge in [-0.05, 0) is 48.0 Å². The summed E-state index contributed by atoms with van der Waals surface area (Å²) in [6.45, 7) is 0. The Morgan fingerprint density at radius 2 is 1.67 bits per heavy atom. The van der Waals surface area contributed by atoms with Gasteiger partial charge in [0, 0.05) is 10.6 Å². The Bertz CT molecular complexity index is 653. The highest BCUT2D eigenvalue weighted by Gasteiger charge is 1.99. The molecule has 0 fully saturated rings. The fourth-order valence-electron chi connectivity index (χ4n) is 1.74. The second-order valence-corrected chi connectivity index (χ2v) is 4.80. The van der Waals surface area contributed by atoms with Gasteiger partial charge in [-0.2, -0.15) is 0 Å². The van der Waals surface area contributed by atoms with Crippen molar-refractivity contribution in [3.63, 3.8) is 0 Å². The highest BCUT2D eigenvalue weighted by molar-refractivity contribution is 6.30. The molecule has 0 aliphatic carbocycles. The molecule has 0 heterocycles. The summed E-state index contributed by atoms with van der Waals surface area (Å²) in [6.07, 6.45) is 7.01. The zero-order valence-corrected chi connectivity index (χ0v) is 12.4. The van der Waals surface area contributed by atoms with Crippen LogP contribution in [0.3, 0.4) is 0 Å². The van der Waals surface area contributed by atoms with Gasteiger partial charge in [-0.15, -0.1) is 0 Å². The Kier molecular flexibility index (Phi) is 5.35. The van der Waals surface area contributed by atoms with Crippen molar-refractivity contribution in [3.05, 3.63) is 82.9 Å². The number of hydrogen-bond acceptors (Lipinski definition) is 2. The van der Waals surface area contributed by atoms with Gasteiger partial charge >= 0.3 is 0 Å². The van der Waals surface area contributed by atoms with Gasteiger partial charge in [0.15, 0.2) is 5.78 Å². The van der Waals surface area contributed by atoms with Crippen molar-refractivity contribution in [2.45, 2.75) is 0 Å². The van der Waals surface area contributed by atoms with Crippen molar-refractivity contribution in [2.75, 3.05) is 7.11 Å². The van der Waals surface area contributed by atoms with E-state index in [9.17, 15) is 4.79 Å². The summed E-state index contributed by atoms with van der Waals surface area (Å²) in [5.41, 5.74) is 1.66. The van der Waals surface area contributed by atoms with Crippen LogP contribution in [0.4, 0.5) is 0 Å². The van der Waals surface area contributed by atoms with Gasteiger partial charge in [-0.25, -0.2) is 0 Å². The summed E-state index contributed by atoms with van der Waals surface area (Å²) in [5.74, 6) is 0.770.